The molecule has 2 heterocycles. The number of H-pyrrole nitrogens is 1. The first-order chi connectivity index (χ1) is 16.8. The first-order valence-corrected chi connectivity index (χ1v) is 10.5. The third-order valence-corrected chi connectivity index (χ3v) is 4.62. The Morgan fingerprint density at radius 1 is 1.06 bits per heavy atom. The average Bonchev–Trinajstić information content (AvgIpc) is 3.36. The molecular formula is C23H21N5O7. The number of amides is 1. The summed E-state index contributed by atoms with van der Waals surface area (Å²) >= 11 is 0. The molecular weight excluding hydrogens is 458 g/mol. The van der Waals surface area contributed by atoms with Crippen LogP contribution in [0.15, 0.2) is 68.9 Å². The van der Waals surface area contributed by atoms with E-state index in [1.165, 1.54) is 18.5 Å². The molecule has 4 aromatic rings. The number of aromatic hydroxyl groups is 1. The van der Waals surface area contributed by atoms with Crippen LogP contribution in [0.1, 0.15) is 13.8 Å². The molecule has 12 heteroatoms. The normalized spacial score (nSPS) is 10.8. The van der Waals surface area contributed by atoms with Gasteiger partial charge in [-0.3, -0.25) is 19.1 Å². The molecule has 0 bridgehead atoms. The fraction of sp³-hybridized carbons (Fsp3) is 0.174. The molecule has 0 radical (unpaired) electrons. The van der Waals surface area contributed by atoms with Crippen LogP contribution in [0.25, 0.3) is 11.5 Å². The molecule has 2 aromatic heterocycles. The topological polar surface area (TPSA) is 162 Å². The van der Waals surface area contributed by atoms with Gasteiger partial charge in [0.2, 0.25) is 24.1 Å². The molecule has 0 saturated heterocycles. The van der Waals surface area contributed by atoms with E-state index in [1.54, 1.807) is 50.2 Å². The Hall–Kier alpha value is -4.87. The van der Waals surface area contributed by atoms with Crippen molar-refractivity contribution in [3.8, 4) is 40.3 Å². The van der Waals surface area contributed by atoms with Crippen molar-refractivity contribution in [3.63, 3.8) is 0 Å². The summed E-state index contributed by atoms with van der Waals surface area (Å²) in [4.78, 5) is 38.3. The van der Waals surface area contributed by atoms with Crippen LogP contribution in [0, 0.1) is 0 Å². The highest BCUT2D eigenvalue weighted by Gasteiger charge is 2.19. The number of carbonyl (C=O) groups excluding carboxylic acids is 1. The van der Waals surface area contributed by atoms with Crippen LogP contribution in [0.5, 0.6) is 28.9 Å². The van der Waals surface area contributed by atoms with E-state index in [4.69, 9.17) is 13.9 Å². The predicted molar refractivity (Wildman–Crippen MR) is 123 cm³/mol. The molecule has 12 nitrogen and oxygen atoms in total. The van der Waals surface area contributed by atoms with Gasteiger partial charge in [-0.25, -0.2) is 4.79 Å². The van der Waals surface area contributed by atoms with Crippen LogP contribution in [-0.2, 0) is 11.3 Å². The minimum absolute atomic E-state index is 0.164. The first kappa shape index (κ1) is 23.3. The van der Waals surface area contributed by atoms with Crippen LogP contribution in [-0.4, -0.2) is 36.8 Å². The van der Waals surface area contributed by atoms with Crippen molar-refractivity contribution in [2.45, 2.75) is 26.4 Å². The molecule has 0 fully saturated rings. The molecule has 1 amide bonds. The third-order valence-electron chi connectivity index (χ3n) is 4.62. The maximum atomic E-state index is 12.2. The minimum atomic E-state index is -0.937. The van der Waals surface area contributed by atoms with Crippen molar-refractivity contribution in [2.24, 2.45) is 0 Å². The number of benzene rings is 2. The highest BCUT2D eigenvalue weighted by atomic mass is 16.5. The van der Waals surface area contributed by atoms with Crippen LogP contribution in [0.3, 0.4) is 0 Å². The van der Waals surface area contributed by atoms with E-state index in [-0.39, 0.29) is 11.8 Å². The fourth-order valence-electron chi connectivity index (χ4n) is 3.09. The standard InChI is InChI=1S/C23H21N5O7/c1-13(2)25-18(29)11-28-22(31)19(20(30)26-23(28)32)35-17-9-7-16(8-10-17)34-15-5-3-14(4-6-15)21-27-24-12-33-21/h3-10,12-13,31H,11H2,1-2H3,(H,25,29)(H,26,30,32). The largest absolute Gasteiger partial charge is 0.492 e. The van der Waals surface area contributed by atoms with Gasteiger partial charge in [0.25, 0.3) is 5.75 Å². The van der Waals surface area contributed by atoms with Crippen molar-refractivity contribution in [3.05, 3.63) is 75.8 Å². The number of carbonyl (C=O) groups is 1. The number of nitrogens with one attached hydrogen (secondary N) is 2. The number of rotatable bonds is 8. The van der Waals surface area contributed by atoms with E-state index >= 15 is 0 Å². The number of aromatic nitrogens is 4. The highest BCUT2D eigenvalue weighted by Crippen LogP contribution is 2.29. The lowest BCUT2D eigenvalue weighted by Gasteiger charge is -2.13. The molecule has 0 spiro atoms. The summed E-state index contributed by atoms with van der Waals surface area (Å²) in [7, 11) is 0. The molecule has 0 aliphatic heterocycles. The van der Waals surface area contributed by atoms with Crippen LogP contribution < -0.4 is 26.0 Å². The number of aromatic amines is 1. The molecule has 0 aliphatic carbocycles. The maximum absolute atomic E-state index is 12.2. The number of hydrogen-bond acceptors (Lipinski definition) is 9. The van der Waals surface area contributed by atoms with Gasteiger partial charge < -0.3 is 24.3 Å². The van der Waals surface area contributed by atoms with Gasteiger partial charge in [-0.2, -0.15) is 0 Å². The summed E-state index contributed by atoms with van der Waals surface area (Å²) in [6.07, 6.45) is 1.25. The van der Waals surface area contributed by atoms with Gasteiger partial charge in [-0.15, -0.1) is 10.2 Å². The smallest absolute Gasteiger partial charge is 0.331 e. The second kappa shape index (κ2) is 9.95. The zero-order valence-electron chi connectivity index (χ0n) is 18.7. The van der Waals surface area contributed by atoms with Crippen molar-refractivity contribution >= 4 is 5.91 Å². The second-order valence-electron chi connectivity index (χ2n) is 7.66. The summed E-state index contributed by atoms with van der Waals surface area (Å²) < 4.78 is 17.1. The van der Waals surface area contributed by atoms with E-state index < -0.39 is 35.3 Å². The third kappa shape index (κ3) is 5.55. The van der Waals surface area contributed by atoms with Crippen LogP contribution in [0.2, 0.25) is 0 Å². The van der Waals surface area contributed by atoms with E-state index in [0.29, 0.717) is 22.0 Å². The van der Waals surface area contributed by atoms with Gasteiger partial charge in [-0.05, 0) is 62.4 Å². The monoisotopic (exact) mass is 479 g/mol. The van der Waals surface area contributed by atoms with Gasteiger partial charge in [0.05, 0.1) is 0 Å². The average molecular weight is 479 g/mol. The summed E-state index contributed by atoms with van der Waals surface area (Å²) in [6.45, 7) is 3.01. The molecule has 0 unspecified atom stereocenters. The van der Waals surface area contributed by atoms with Gasteiger partial charge >= 0.3 is 11.2 Å². The van der Waals surface area contributed by atoms with Gasteiger partial charge in [0, 0.05) is 11.6 Å². The van der Waals surface area contributed by atoms with E-state index in [0.717, 1.165) is 5.56 Å². The summed E-state index contributed by atoms with van der Waals surface area (Å²) in [5.74, 6) is -0.169. The van der Waals surface area contributed by atoms with Gasteiger partial charge in [0.1, 0.15) is 23.8 Å². The fourth-order valence-corrected chi connectivity index (χ4v) is 3.09. The lowest BCUT2D eigenvalue weighted by molar-refractivity contribution is -0.122. The second-order valence-corrected chi connectivity index (χ2v) is 7.66. The lowest BCUT2D eigenvalue weighted by Crippen LogP contribution is -2.38. The number of ether oxygens (including phenoxy) is 2. The van der Waals surface area contributed by atoms with Crippen LogP contribution in [0.4, 0.5) is 0 Å². The Morgan fingerprint density at radius 2 is 1.66 bits per heavy atom. The Bertz CT molecular complexity index is 1420. The molecule has 2 aromatic carbocycles. The zero-order valence-corrected chi connectivity index (χ0v) is 18.7. The number of hydrogen-bond donors (Lipinski definition) is 3. The van der Waals surface area contributed by atoms with Crippen molar-refractivity contribution in [2.75, 3.05) is 0 Å². The van der Waals surface area contributed by atoms with Gasteiger partial charge in [-0.1, -0.05) is 0 Å². The molecule has 180 valence electrons. The Balaban J connectivity index is 1.47. The maximum Gasteiger partial charge on any atom is 0.331 e. The SMILES string of the molecule is CC(C)NC(=O)Cn1c(O)c(Oc2ccc(Oc3ccc(-c4nnco4)cc3)cc2)c(=O)[nH]c1=O. The van der Waals surface area contributed by atoms with Crippen molar-refractivity contribution in [1.82, 2.24) is 25.1 Å². The molecule has 0 aliphatic rings. The highest BCUT2D eigenvalue weighted by molar-refractivity contribution is 5.76. The molecule has 0 atom stereocenters. The first-order valence-electron chi connectivity index (χ1n) is 10.5. The Kier molecular flexibility index (Phi) is 6.62. The predicted octanol–water partition coefficient (Wildman–Crippen LogP) is 2.40. The minimum Gasteiger partial charge on any atom is -0.492 e. The van der Waals surface area contributed by atoms with E-state index in [9.17, 15) is 19.5 Å². The molecule has 3 N–H and O–H groups in total. The Morgan fingerprint density at radius 3 is 2.23 bits per heavy atom. The number of nitrogens with zero attached hydrogens (tertiary/aromatic N) is 3. The van der Waals surface area contributed by atoms with Gasteiger partial charge in [0.15, 0.2) is 0 Å². The van der Waals surface area contributed by atoms with E-state index in [2.05, 4.69) is 15.5 Å². The molecule has 35 heavy (non-hydrogen) atoms. The molecule has 0 saturated carbocycles. The summed E-state index contributed by atoms with van der Waals surface area (Å²) in [6, 6.07) is 13.1. The van der Waals surface area contributed by atoms with E-state index in [1.807, 2.05) is 4.98 Å². The molecule has 4 rings (SSSR count). The van der Waals surface area contributed by atoms with Crippen molar-refractivity contribution < 1.29 is 23.8 Å². The van der Waals surface area contributed by atoms with Crippen molar-refractivity contribution in [1.29, 1.82) is 0 Å². The quantitative estimate of drug-likeness (QED) is 0.344. The summed E-state index contributed by atoms with van der Waals surface area (Å²) in [5.41, 5.74) is -1.13. The summed E-state index contributed by atoms with van der Waals surface area (Å²) in [5, 5.41) is 20.5. The zero-order chi connectivity index (χ0) is 24.9. The lowest BCUT2D eigenvalue weighted by atomic mass is 10.2. The van der Waals surface area contributed by atoms with Crippen LogP contribution >= 0.6 is 0 Å². The Labute approximate surface area is 197 Å².